The van der Waals surface area contributed by atoms with Crippen molar-refractivity contribution in [3.63, 3.8) is 0 Å². The van der Waals surface area contributed by atoms with Gasteiger partial charge in [0.2, 0.25) is 0 Å². The van der Waals surface area contributed by atoms with E-state index in [1.54, 1.807) is 18.2 Å². The van der Waals surface area contributed by atoms with Gasteiger partial charge in [-0.2, -0.15) is 0 Å². The predicted molar refractivity (Wildman–Crippen MR) is 55.8 cm³/mol. The van der Waals surface area contributed by atoms with E-state index in [1.165, 1.54) is 13.2 Å². The van der Waals surface area contributed by atoms with Crippen LogP contribution in [0.4, 0.5) is 8.78 Å². The minimum Gasteiger partial charge on any atom is -0.497 e. The maximum atomic E-state index is 12.3. The van der Waals surface area contributed by atoms with Gasteiger partial charge in [0.15, 0.2) is 6.10 Å². The summed E-state index contributed by atoms with van der Waals surface area (Å²) in [5, 5.41) is 9.97. The topological polar surface area (TPSA) is 45.2 Å². The van der Waals surface area contributed by atoms with E-state index in [0.717, 1.165) is 5.39 Å². The zero-order valence-corrected chi connectivity index (χ0v) is 8.58. The number of methoxy groups -OCH3 is 1. The number of aromatic nitrogens is 1. The van der Waals surface area contributed by atoms with Gasteiger partial charge in [-0.1, -0.05) is 0 Å². The van der Waals surface area contributed by atoms with Gasteiger partial charge in [-0.05, 0) is 18.2 Å². The number of alkyl halides is 2. The Hall–Kier alpha value is -1.62. The summed E-state index contributed by atoms with van der Waals surface area (Å²) in [5.41, 5.74) is 0.771. The first-order valence-corrected chi connectivity index (χ1v) is 4.74. The maximum Gasteiger partial charge on any atom is 0.269 e. The Morgan fingerprint density at radius 1 is 1.31 bits per heavy atom. The summed E-state index contributed by atoms with van der Waals surface area (Å²) in [4.78, 5) is 2.74. The molecule has 2 N–H and O–H groups in total. The molecule has 0 amide bonds. The number of rotatable bonds is 3. The predicted octanol–water partition coefficient (Wildman–Crippen LogP) is 2.47. The highest BCUT2D eigenvalue weighted by Gasteiger charge is 2.20. The molecule has 1 aromatic carbocycles. The highest BCUT2D eigenvalue weighted by Crippen LogP contribution is 2.26. The summed E-state index contributed by atoms with van der Waals surface area (Å²) in [5.74, 6) is 0.632. The second kappa shape index (κ2) is 4.09. The fourth-order valence-electron chi connectivity index (χ4n) is 1.55. The molecule has 0 spiro atoms. The molecule has 0 radical (unpaired) electrons. The smallest absolute Gasteiger partial charge is 0.269 e. The molecule has 0 bridgehead atoms. The third-order valence-corrected chi connectivity index (χ3v) is 2.41. The Morgan fingerprint density at radius 2 is 2.06 bits per heavy atom. The molecule has 3 nitrogen and oxygen atoms in total. The molecule has 1 heterocycles. The van der Waals surface area contributed by atoms with Crippen LogP contribution in [0.15, 0.2) is 24.3 Å². The van der Waals surface area contributed by atoms with Crippen LogP contribution in [0.3, 0.4) is 0 Å². The lowest BCUT2D eigenvalue weighted by Crippen LogP contribution is -2.07. The first-order chi connectivity index (χ1) is 7.61. The summed E-state index contributed by atoms with van der Waals surface area (Å²) in [6, 6.07) is 6.67. The number of nitrogens with one attached hydrogen (secondary N) is 1. The highest BCUT2D eigenvalue weighted by molar-refractivity contribution is 5.81. The molecule has 2 aromatic rings. The Balaban J connectivity index is 2.43. The lowest BCUT2D eigenvalue weighted by molar-refractivity contribution is -0.00779. The summed E-state index contributed by atoms with van der Waals surface area (Å²) in [6.07, 6.45) is -4.58. The molecule has 0 saturated heterocycles. The van der Waals surface area contributed by atoms with Gasteiger partial charge in [0.1, 0.15) is 5.75 Å². The number of aromatic amines is 1. The van der Waals surface area contributed by atoms with Crippen molar-refractivity contribution in [3.05, 3.63) is 30.0 Å². The molecule has 0 aliphatic rings. The number of fused-ring (bicyclic) bond motifs is 1. The van der Waals surface area contributed by atoms with Crippen LogP contribution in [0.2, 0.25) is 0 Å². The Labute approximate surface area is 90.7 Å². The monoisotopic (exact) mass is 227 g/mol. The van der Waals surface area contributed by atoms with Gasteiger partial charge in [0.05, 0.1) is 12.8 Å². The van der Waals surface area contributed by atoms with Crippen molar-refractivity contribution in [2.24, 2.45) is 0 Å². The van der Waals surface area contributed by atoms with Crippen molar-refractivity contribution in [1.29, 1.82) is 0 Å². The van der Waals surface area contributed by atoms with Gasteiger partial charge in [-0.15, -0.1) is 0 Å². The average molecular weight is 227 g/mol. The summed E-state index contributed by atoms with van der Waals surface area (Å²) >= 11 is 0. The lowest BCUT2D eigenvalue weighted by atomic mass is 10.2. The van der Waals surface area contributed by atoms with Crippen LogP contribution in [0.5, 0.6) is 5.75 Å². The number of ether oxygens (including phenoxy) is 1. The minimum atomic E-state index is -2.80. The van der Waals surface area contributed by atoms with Gasteiger partial charge < -0.3 is 14.8 Å². The van der Waals surface area contributed by atoms with E-state index in [1.807, 2.05) is 0 Å². The Morgan fingerprint density at radius 3 is 2.69 bits per heavy atom. The molecular formula is C11H11F2NO2. The fourth-order valence-corrected chi connectivity index (χ4v) is 1.55. The molecule has 1 atom stereocenters. The van der Waals surface area contributed by atoms with Crippen LogP contribution < -0.4 is 4.74 Å². The summed E-state index contributed by atoms with van der Waals surface area (Å²) in [6.45, 7) is 0. The zero-order valence-electron chi connectivity index (χ0n) is 8.58. The van der Waals surface area contributed by atoms with Gasteiger partial charge in [0.25, 0.3) is 6.43 Å². The number of aliphatic hydroxyl groups excluding tert-OH is 1. The van der Waals surface area contributed by atoms with Crippen molar-refractivity contribution in [2.45, 2.75) is 12.5 Å². The molecule has 0 saturated carbocycles. The van der Waals surface area contributed by atoms with Crippen molar-refractivity contribution in [1.82, 2.24) is 4.98 Å². The van der Waals surface area contributed by atoms with E-state index < -0.39 is 12.5 Å². The second-order valence-corrected chi connectivity index (χ2v) is 3.46. The quantitative estimate of drug-likeness (QED) is 0.846. The number of hydrogen-bond acceptors (Lipinski definition) is 2. The number of aliphatic hydroxyl groups is 1. The van der Waals surface area contributed by atoms with Crippen LogP contribution in [0.1, 0.15) is 11.8 Å². The lowest BCUT2D eigenvalue weighted by Gasteiger charge is -2.05. The SMILES string of the molecule is COc1ccc2cc(C(O)C(F)F)[nH]c2c1. The molecule has 86 valence electrons. The van der Waals surface area contributed by atoms with E-state index in [-0.39, 0.29) is 5.69 Å². The maximum absolute atomic E-state index is 12.3. The molecule has 0 fully saturated rings. The third kappa shape index (κ3) is 1.86. The molecule has 1 unspecified atom stereocenters. The second-order valence-electron chi connectivity index (χ2n) is 3.46. The first kappa shape index (κ1) is 10.9. The molecular weight excluding hydrogens is 216 g/mol. The zero-order chi connectivity index (χ0) is 11.7. The van der Waals surface area contributed by atoms with Crippen molar-refractivity contribution in [3.8, 4) is 5.75 Å². The number of hydrogen-bond donors (Lipinski definition) is 2. The largest absolute Gasteiger partial charge is 0.497 e. The van der Waals surface area contributed by atoms with Crippen molar-refractivity contribution >= 4 is 10.9 Å². The van der Waals surface area contributed by atoms with Crippen molar-refractivity contribution in [2.75, 3.05) is 7.11 Å². The first-order valence-electron chi connectivity index (χ1n) is 4.74. The summed E-state index contributed by atoms with van der Waals surface area (Å²) in [7, 11) is 1.53. The van der Waals surface area contributed by atoms with Gasteiger partial charge in [-0.25, -0.2) is 8.78 Å². The Bertz CT molecular complexity index is 496. The Kier molecular flexibility index (Phi) is 2.78. The highest BCUT2D eigenvalue weighted by atomic mass is 19.3. The van der Waals surface area contributed by atoms with E-state index in [9.17, 15) is 13.9 Å². The molecule has 5 heteroatoms. The summed E-state index contributed by atoms with van der Waals surface area (Å²) < 4.78 is 29.6. The third-order valence-electron chi connectivity index (χ3n) is 2.41. The van der Waals surface area contributed by atoms with Crippen LogP contribution in [-0.4, -0.2) is 23.6 Å². The molecule has 0 aliphatic carbocycles. The van der Waals surface area contributed by atoms with Gasteiger partial charge >= 0.3 is 0 Å². The molecule has 0 aliphatic heterocycles. The van der Waals surface area contributed by atoms with E-state index in [4.69, 9.17) is 4.74 Å². The molecule has 1 aromatic heterocycles. The molecule has 2 rings (SSSR count). The van der Waals surface area contributed by atoms with Gasteiger partial charge in [0, 0.05) is 17.0 Å². The number of halogens is 2. The average Bonchev–Trinajstić information content (AvgIpc) is 2.69. The van der Waals surface area contributed by atoms with Crippen LogP contribution in [0.25, 0.3) is 10.9 Å². The minimum absolute atomic E-state index is 0.109. The number of benzene rings is 1. The van der Waals surface area contributed by atoms with Crippen LogP contribution in [0, 0.1) is 0 Å². The van der Waals surface area contributed by atoms with E-state index in [2.05, 4.69) is 4.98 Å². The van der Waals surface area contributed by atoms with Crippen LogP contribution in [-0.2, 0) is 0 Å². The van der Waals surface area contributed by atoms with Crippen LogP contribution >= 0.6 is 0 Å². The van der Waals surface area contributed by atoms with E-state index >= 15 is 0 Å². The normalized spacial score (nSPS) is 13.3. The molecule has 16 heavy (non-hydrogen) atoms. The van der Waals surface area contributed by atoms with E-state index in [0.29, 0.717) is 11.3 Å². The van der Waals surface area contributed by atoms with Gasteiger partial charge in [-0.3, -0.25) is 0 Å². The fraction of sp³-hybridized carbons (Fsp3) is 0.273. The number of H-pyrrole nitrogens is 1. The van der Waals surface area contributed by atoms with Crippen molar-refractivity contribution < 1.29 is 18.6 Å². The standard InChI is InChI=1S/C11H11F2NO2/c1-16-7-3-2-6-4-9(10(15)11(12)13)14-8(6)5-7/h2-5,10-11,14-15H,1H3.